The molecule has 0 saturated carbocycles. The normalized spacial score (nSPS) is 16.4. The fraction of sp³-hybridized carbons (Fsp3) is 0.286. The van der Waals surface area contributed by atoms with Gasteiger partial charge in [0.25, 0.3) is 0 Å². The molecular formula is C21H22ClFN2O2. The molecule has 2 aromatic carbocycles. The number of ether oxygens (including phenoxy) is 1. The van der Waals surface area contributed by atoms with Crippen LogP contribution in [0.2, 0.25) is 5.02 Å². The summed E-state index contributed by atoms with van der Waals surface area (Å²) in [5.41, 5.74) is 1.87. The highest BCUT2D eigenvalue weighted by Gasteiger charge is 2.22. The largest absolute Gasteiger partial charge is 0.379 e. The van der Waals surface area contributed by atoms with Crippen LogP contribution in [0.3, 0.4) is 0 Å². The molecule has 1 N–H and O–H groups in total. The second kappa shape index (κ2) is 9.65. The monoisotopic (exact) mass is 388 g/mol. The Hall–Kier alpha value is -2.21. The number of morpholine rings is 1. The number of nitrogens with zero attached hydrogens (tertiary/aromatic N) is 1. The van der Waals surface area contributed by atoms with Crippen molar-refractivity contribution in [2.45, 2.75) is 6.04 Å². The molecule has 1 fully saturated rings. The Morgan fingerprint density at radius 2 is 1.81 bits per heavy atom. The van der Waals surface area contributed by atoms with Crippen molar-refractivity contribution in [1.29, 1.82) is 0 Å². The van der Waals surface area contributed by atoms with Crippen LogP contribution in [0.4, 0.5) is 4.39 Å². The number of carbonyl (C=O) groups is 1. The third-order valence-corrected chi connectivity index (χ3v) is 4.76. The Bertz CT molecular complexity index is 772. The van der Waals surface area contributed by atoms with Crippen molar-refractivity contribution < 1.29 is 13.9 Å². The predicted octanol–water partition coefficient (Wildman–Crippen LogP) is 3.68. The van der Waals surface area contributed by atoms with E-state index in [-0.39, 0.29) is 17.8 Å². The maximum absolute atomic E-state index is 12.9. The number of amides is 1. The molecule has 1 unspecified atom stereocenters. The third kappa shape index (κ3) is 5.89. The van der Waals surface area contributed by atoms with E-state index in [4.69, 9.17) is 16.3 Å². The molecule has 0 spiro atoms. The van der Waals surface area contributed by atoms with Crippen LogP contribution in [0.5, 0.6) is 0 Å². The van der Waals surface area contributed by atoms with Crippen LogP contribution < -0.4 is 5.32 Å². The molecule has 1 saturated heterocycles. The van der Waals surface area contributed by atoms with Gasteiger partial charge in [0.1, 0.15) is 5.82 Å². The van der Waals surface area contributed by atoms with Crippen LogP contribution in [0, 0.1) is 5.82 Å². The smallest absolute Gasteiger partial charge is 0.244 e. The van der Waals surface area contributed by atoms with Crippen LogP contribution in [0.15, 0.2) is 54.6 Å². The highest BCUT2D eigenvalue weighted by Crippen LogP contribution is 2.23. The van der Waals surface area contributed by atoms with E-state index in [1.807, 2.05) is 24.3 Å². The molecule has 1 aliphatic heterocycles. The van der Waals surface area contributed by atoms with Crippen LogP contribution in [0.25, 0.3) is 6.08 Å². The summed E-state index contributed by atoms with van der Waals surface area (Å²) in [6.07, 6.45) is 3.13. The lowest BCUT2D eigenvalue weighted by Gasteiger charge is -2.34. The van der Waals surface area contributed by atoms with E-state index in [9.17, 15) is 9.18 Å². The van der Waals surface area contributed by atoms with Crippen LogP contribution in [-0.2, 0) is 9.53 Å². The molecule has 1 heterocycles. The van der Waals surface area contributed by atoms with Gasteiger partial charge in [0, 0.05) is 30.7 Å². The summed E-state index contributed by atoms with van der Waals surface area (Å²) in [6, 6.07) is 13.7. The molecular weight excluding hydrogens is 367 g/mol. The highest BCUT2D eigenvalue weighted by atomic mass is 35.5. The summed E-state index contributed by atoms with van der Waals surface area (Å²) < 4.78 is 18.4. The molecule has 0 radical (unpaired) electrons. The van der Waals surface area contributed by atoms with Crippen molar-refractivity contribution in [2.75, 3.05) is 32.8 Å². The van der Waals surface area contributed by atoms with E-state index >= 15 is 0 Å². The average Bonchev–Trinajstić information content (AvgIpc) is 2.70. The number of benzene rings is 2. The van der Waals surface area contributed by atoms with Crippen molar-refractivity contribution in [1.82, 2.24) is 10.2 Å². The van der Waals surface area contributed by atoms with Crippen molar-refractivity contribution in [3.05, 3.63) is 76.6 Å². The number of hydrogen-bond acceptors (Lipinski definition) is 3. The number of carbonyl (C=O) groups excluding carboxylic acids is 1. The lowest BCUT2D eigenvalue weighted by atomic mass is 10.0. The SMILES string of the molecule is O=C(/C=C/c1ccc(F)cc1)NCC(c1ccc(Cl)cc1)N1CCOCC1. The fourth-order valence-electron chi connectivity index (χ4n) is 3.03. The summed E-state index contributed by atoms with van der Waals surface area (Å²) in [6.45, 7) is 3.47. The van der Waals surface area contributed by atoms with E-state index in [1.54, 1.807) is 18.2 Å². The molecule has 2 aromatic rings. The van der Waals surface area contributed by atoms with Gasteiger partial charge in [-0.25, -0.2) is 4.39 Å². The fourth-order valence-corrected chi connectivity index (χ4v) is 3.16. The summed E-state index contributed by atoms with van der Waals surface area (Å²) in [4.78, 5) is 14.5. The Labute approximate surface area is 163 Å². The van der Waals surface area contributed by atoms with Gasteiger partial charge in [0.15, 0.2) is 0 Å². The zero-order chi connectivity index (χ0) is 19.1. The van der Waals surface area contributed by atoms with E-state index in [2.05, 4.69) is 10.2 Å². The molecule has 0 aliphatic carbocycles. The van der Waals surface area contributed by atoms with E-state index in [0.717, 1.165) is 24.2 Å². The maximum Gasteiger partial charge on any atom is 0.244 e. The van der Waals surface area contributed by atoms with Crippen LogP contribution >= 0.6 is 11.6 Å². The van der Waals surface area contributed by atoms with Gasteiger partial charge in [-0.2, -0.15) is 0 Å². The zero-order valence-electron chi connectivity index (χ0n) is 14.9. The molecule has 1 aliphatic rings. The summed E-state index contributed by atoms with van der Waals surface area (Å²) in [5, 5.41) is 3.65. The summed E-state index contributed by atoms with van der Waals surface area (Å²) in [7, 11) is 0. The number of halogens is 2. The first-order valence-electron chi connectivity index (χ1n) is 8.90. The van der Waals surface area contributed by atoms with Gasteiger partial charge < -0.3 is 10.1 Å². The molecule has 1 amide bonds. The van der Waals surface area contributed by atoms with Crippen LogP contribution in [-0.4, -0.2) is 43.7 Å². The predicted molar refractivity (Wildman–Crippen MR) is 105 cm³/mol. The van der Waals surface area contributed by atoms with Crippen molar-refractivity contribution in [2.24, 2.45) is 0 Å². The Balaban J connectivity index is 1.63. The molecule has 3 rings (SSSR count). The quantitative estimate of drug-likeness (QED) is 0.767. The zero-order valence-corrected chi connectivity index (χ0v) is 15.7. The highest BCUT2D eigenvalue weighted by molar-refractivity contribution is 6.30. The van der Waals surface area contributed by atoms with E-state index in [0.29, 0.717) is 24.8 Å². The lowest BCUT2D eigenvalue weighted by molar-refractivity contribution is -0.116. The average molecular weight is 389 g/mol. The van der Waals surface area contributed by atoms with E-state index < -0.39 is 0 Å². The third-order valence-electron chi connectivity index (χ3n) is 4.51. The Morgan fingerprint density at radius 3 is 2.48 bits per heavy atom. The van der Waals surface area contributed by atoms with Gasteiger partial charge in [0.05, 0.1) is 19.3 Å². The molecule has 4 nitrogen and oxygen atoms in total. The van der Waals surface area contributed by atoms with Gasteiger partial charge >= 0.3 is 0 Å². The summed E-state index contributed by atoms with van der Waals surface area (Å²) in [5.74, 6) is -0.487. The van der Waals surface area contributed by atoms with Gasteiger partial charge in [-0.15, -0.1) is 0 Å². The second-order valence-corrected chi connectivity index (χ2v) is 6.78. The van der Waals surface area contributed by atoms with Gasteiger partial charge in [-0.05, 0) is 41.5 Å². The molecule has 0 aromatic heterocycles. The number of rotatable bonds is 6. The summed E-state index contributed by atoms with van der Waals surface area (Å²) >= 11 is 6.00. The minimum absolute atomic E-state index is 0.0503. The number of nitrogens with one attached hydrogen (secondary N) is 1. The topological polar surface area (TPSA) is 41.6 Å². The Kier molecular flexibility index (Phi) is 6.98. The first kappa shape index (κ1) is 19.5. The Morgan fingerprint density at radius 1 is 1.15 bits per heavy atom. The lowest BCUT2D eigenvalue weighted by Crippen LogP contribution is -2.43. The van der Waals surface area contributed by atoms with Gasteiger partial charge in [-0.3, -0.25) is 9.69 Å². The molecule has 1 atom stereocenters. The van der Waals surface area contributed by atoms with E-state index in [1.165, 1.54) is 18.2 Å². The van der Waals surface area contributed by atoms with Crippen molar-refractivity contribution in [3.63, 3.8) is 0 Å². The maximum atomic E-state index is 12.9. The number of hydrogen-bond donors (Lipinski definition) is 1. The molecule has 142 valence electrons. The molecule has 0 bridgehead atoms. The van der Waals surface area contributed by atoms with Crippen molar-refractivity contribution >= 4 is 23.6 Å². The first-order chi connectivity index (χ1) is 13.1. The van der Waals surface area contributed by atoms with Gasteiger partial charge in [-0.1, -0.05) is 35.9 Å². The molecule has 6 heteroatoms. The van der Waals surface area contributed by atoms with Crippen LogP contribution in [0.1, 0.15) is 17.2 Å². The second-order valence-electron chi connectivity index (χ2n) is 6.35. The minimum atomic E-state index is -0.298. The molecule has 27 heavy (non-hydrogen) atoms. The standard InChI is InChI=1S/C21H22ClFN2O2/c22-18-6-4-17(5-7-18)20(25-11-13-27-14-12-25)15-24-21(26)10-3-16-1-8-19(23)9-2-16/h1-10,20H,11-15H2,(H,24,26)/b10-3+. The minimum Gasteiger partial charge on any atom is -0.379 e. The van der Waals surface area contributed by atoms with Gasteiger partial charge in [0.2, 0.25) is 5.91 Å². The van der Waals surface area contributed by atoms with Crippen molar-refractivity contribution in [3.8, 4) is 0 Å². The first-order valence-corrected chi connectivity index (χ1v) is 9.28.